The zero-order chi connectivity index (χ0) is 19.3. The van der Waals surface area contributed by atoms with Crippen LogP contribution in [0.3, 0.4) is 0 Å². The standard InChI is InChI=1S/C20H19N3O4S/c24-18(14-2-1-12-3-7-21-17(12)22-14)23-8-5-20(6-9-23)16-13(4-10-27-20)11-15(28-16)19(25)26/h1-3,7,11H,4-6,8-10H2,(H,21,22)(H,25,26). The Hall–Kier alpha value is -2.71. The summed E-state index contributed by atoms with van der Waals surface area (Å²) in [5.41, 5.74) is 1.74. The second-order valence-corrected chi connectivity index (χ2v) is 8.32. The number of aromatic carboxylic acids is 1. The molecule has 0 atom stereocenters. The number of carboxylic acids is 1. The Kier molecular flexibility index (Phi) is 3.99. The van der Waals surface area contributed by atoms with Crippen LogP contribution in [0, 0.1) is 0 Å². The lowest BCUT2D eigenvalue weighted by atomic mass is 9.85. The van der Waals surface area contributed by atoms with Gasteiger partial charge < -0.3 is 19.7 Å². The van der Waals surface area contributed by atoms with Gasteiger partial charge in [0, 0.05) is 29.5 Å². The van der Waals surface area contributed by atoms with Crippen molar-refractivity contribution in [1.82, 2.24) is 14.9 Å². The summed E-state index contributed by atoms with van der Waals surface area (Å²) >= 11 is 1.31. The van der Waals surface area contributed by atoms with Gasteiger partial charge in [-0.25, -0.2) is 9.78 Å². The minimum absolute atomic E-state index is 0.0835. The highest BCUT2D eigenvalue weighted by Gasteiger charge is 2.43. The monoisotopic (exact) mass is 397 g/mol. The number of aromatic nitrogens is 2. The molecule has 3 aromatic rings. The molecule has 0 bridgehead atoms. The van der Waals surface area contributed by atoms with Crippen molar-refractivity contribution in [3.8, 4) is 0 Å². The van der Waals surface area contributed by atoms with E-state index in [4.69, 9.17) is 4.74 Å². The summed E-state index contributed by atoms with van der Waals surface area (Å²) in [6.07, 6.45) is 3.87. The molecule has 1 spiro atoms. The number of hydrogen-bond acceptors (Lipinski definition) is 5. The lowest BCUT2D eigenvalue weighted by Gasteiger charge is -2.43. The van der Waals surface area contributed by atoms with Crippen LogP contribution >= 0.6 is 11.3 Å². The van der Waals surface area contributed by atoms with Gasteiger partial charge in [-0.05, 0) is 49.1 Å². The number of amides is 1. The molecule has 8 heteroatoms. The van der Waals surface area contributed by atoms with Gasteiger partial charge in [0.25, 0.3) is 5.91 Å². The first kappa shape index (κ1) is 17.4. The molecule has 5 heterocycles. The van der Waals surface area contributed by atoms with Crippen LogP contribution in [0.15, 0.2) is 30.5 Å². The highest BCUT2D eigenvalue weighted by Crippen LogP contribution is 2.45. The number of nitrogens with zero attached hydrogens (tertiary/aromatic N) is 2. The predicted molar refractivity (Wildman–Crippen MR) is 104 cm³/mol. The van der Waals surface area contributed by atoms with E-state index in [1.165, 1.54) is 11.3 Å². The maximum absolute atomic E-state index is 12.9. The first-order valence-electron chi connectivity index (χ1n) is 9.30. The summed E-state index contributed by atoms with van der Waals surface area (Å²) in [7, 11) is 0. The van der Waals surface area contributed by atoms with E-state index in [0.29, 0.717) is 48.8 Å². The SMILES string of the molecule is O=C(O)c1cc2c(s1)C1(CCN(C(=O)c3ccc4cc[nH]c4n3)CC1)OCC2. The van der Waals surface area contributed by atoms with Crippen LogP contribution in [0.25, 0.3) is 11.0 Å². The van der Waals surface area contributed by atoms with Crippen LogP contribution in [0.2, 0.25) is 0 Å². The highest BCUT2D eigenvalue weighted by atomic mass is 32.1. The van der Waals surface area contributed by atoms with E-state index in [1.54, 1.807) is 18.3 Å². The van der Waals surface area contributed by atoms with Gasteiger partial charge in [-0.15, -0.1) is 11.3 Å². The summed E-state index contributed by atoms with van der Waals surface area (Å²) in [5.74, 6) is -0.979. The van der Waals surface area contributed by atoms with Gasteiger partial charge >= 0.3 is 5.97 Å². The zero-order valence-corrected chi connectivity index (χ0v) is 15.9. The molecule has 2 aliphatic heterocycles. The molecule has 0 aliphatic carbocycles. The summed E-state index contributed by atoms with van der Waals surface area (Å²) in [4.78, 5) is 34.9. The first-order chi connectivity index (χ1) is 13.6. The van der Waals surface area contributed by atoms with Crippen LogP contribution < -0.4 is 0 Å². The number of thiophene rings is 1. The maximum Gasteiger partial charge on any atom is 0.345 e. The van der Waals surface area contributed by atoms with Gasteiger partial charge in [-0.3, -0.25) is 4.79 Å². The smallest absolute Gasteiger partial charge is 0.345 e. The molecule has 0 aromatic carbocycles. The fourth-order valence-electron chi connectivity index (χ4n) is 4.18. The van der Waals surface area contributed by atoms with E-state index in [2.05, 4.69) is 9.97 Å². The van der Waals surface area contributed by atoms with Crippen LogP contribution in [0.5, 0.6) is 0 Å². The molecule has 1 amide bonds. The number of piperidine rings is 1. The number of carboxylic acid groups (broad SMARTS) is 1. The van der Waals surface area contributed by atoms with Gasteiger partial charge in [0.05, 0.1) is 6.61 Å². The molecule has 7 nitrogen and oxygen atoms in total. The molecule has 144 valence electrons. The summed E-state index contributed by atoms with van der Waals surface area (Å²) in [6.45, 7) is 1.70. The Morgan fingerprint density at radius 2 is 2.07 bits per heavy atom. The Labute approximate surface area is 165 Å². The third-order valence-electron chi connectivity index (χ3n) is 5.67. The minimum Gasteiger partial charge on any atom is -0.477 e. The lowest BCUT2D eigenvalue weighted by molar-refractivity contribution is -0.0906. The second kappa shape index (κ2) is 6.42. The summed E-state index contributed by atoms with van der Waals surface area (Å²) < 4.78 is 6.17. The van der Waals surface area contributed by atoms with Gasteiger partial charge in [0.15, 0.2) is 0 Å². The van der Waals surface area contributed by atoms with Crippen molar-refractivity contribution >= 4 is 34.2 Å². The van der Waals surface area contributed by atoms with Crippen LogP contribution in [-0.2, 0) is 16.8 Å². The Bertz CT molecular complexity index is 1080. The number of aromatic amines is 1. The summed E-state index contributed by atoms with van der Waals surface area (Å²) in [6, 6.07) is 7.36. The molecule has 1 saturated heterocycles. The Balaban J connectivity index is 1.36. The van der Waals surface area contributed by atoms with E-state index in [9.17, 15) is 14.7 Å². The van der Waals surface area contributed by atoms with Crippen LogP contribution in [0.1, 0.15) is 43.4 Å². The minimum atomic E-state index is -0.895. The molecule has 5 rings (SSSR count). The van der Waals surface area contributed by atoms with Gasteiger partial charge in [0.1, 0.15) is 21.8 Å². The molecule has 2 N–H and O–H groups in total. The first-order valence-corrected chi connectivity index (χ1v) is 10.1. The maximum atomic E-state index is 12.9. The molecule has 1 fully saturated rings. The molecule has 0 radical (unpaired) electrons. The van der Waals surface area contributed by atoms with Gasteiger partial charge in [-0.1, -0.05) is 0 Å². The number of fused-ring (bicyclic) bond motifs is 3. The molecule has 28 heavy (non-hydrogen) atoms. The molecule has 0 unspecified atom stereocenters. The van der Waals surface area contributed by atoms with Crippen molar-refractivity contribution in [3.63, 3.8) is 0 Å². The third kappa shape index (κ3) is 2.71. The zero-order valence-electron chi connectivity index (χ0n) is 15.1. The lowest BCUT2D eigenvalue weighted by Crippen LogP contribution is -2.48. The average Bonchev–Trinajstić information content (AvgIpc) is 3.35. The normalized spacial score (nSPS) is 18.4. The number of likely N-dealkylation sites (tertiary alicyclic amines) is 1. The number of nitrogens with one attached hydrogen (secondary N) is 1. The average molecular weight is 397 g/mol. The van der Waals surface area contributed by atoms with E-state index >= 15 is 0 Å². The molecule has 2 aliphatic rings. The third-order valence-corrected chi connectivity index (χ3v) is 7.02. The van der Waals surface area contributed by atoms with Crippen molar-refractivity contribution in [2.45, 2.75) is 24.9 Å². The number of carbonyl (C=O) groups excluding carboxylic acids is 1. The van der Waals surface area contributed by atoms with Crippen molar-refractivity contribution in [2.24, 2.45) is 0 Å². The fraction of sp³-hybridized carbons (Fsp3) is 0.350. The Morgan fingerprint density at radius 3 is 2.86 bits per heavy atom. The quantitative estimate of drug-likeness (QED) is 0.693. The number of ether oxygens (including phenoxy) is 1. The highest BCUT2D eigenvalue weighted by molar-refractivity contribution is 7.14. The molecular weight excluding hydrogens is 378 g/mol. The van der Waals surface area contributed by atoms with Gasteiger partial charge in [0.2, 0.25) is 0 Å². The van der Waals surface area contributed by atoms with Crippen LogP contribution in [0.4, 0.5) is 0 Å². The molecular formula is C20H19N3O4S. The van der Waals surface area contributed by atoms with Crippen molar-refractivity contribution in [1.29, 1.82) is 0 Å². The predicted octanol–water partition coefficient (Wildman–Crippen LogP) is 3.03. The fourth-order valence-corrected chi connectivity index (χ4v) is 5.43. The number of pyridine rings is 1. The number of carbonyl (C=O) groups is 2. The Morgan fingerprint density at radius 1 is 1.25 bits per heavy atom. The number of hydrogen-bond donors (Lipinski definition) is 2. The van der Waals surface area contributed by atoms with E-state index < -0.39 is 11.6 Å². The summed E-state index contributed by atoms with van der Waals surface area (Å²) in [5, 5.41) is 10.3. The van der Waals surface area contributed by atoms with Crippen molar-refractivity contribution in [3.05, 3.63) is 51.5 Å². The van der Waals surface area contributed by atoms with E-state index in [-0.39, 0.29) is 5.91 Å². The number of rotatable bonds is 2. The largest absolute Gasteiger partial charge is 0.477 e. The van der Waals surface area contributed by atoms with Gasteiger partial charge in [-0.2, -0.15) is 0 Å². The number of H-pyrrole nitrogens is 1. The van der Waals surface area contributed by atoms with Crippen LogP contribution in [-0.4, -0.2) is 51.5 Å². The topological polar surface area (TPSA) is 95.5 Å². The second-order valence-electron chi connectivity index (χ2n) is 7.27. The van der Waals surface area contributed by atoms with E-state index in [0.717, 1.165) is 22.2 Å². The molecule has 3 aromatic heterocycles. The molecule has 0 saturated carbocycles. The van der Waals surface area contributed by atoms with E-state index in [1.807, 2.05) is 17.0 Å². The van der Waals surface area contributed by atoms with Crippen molar-refractivity contribution < 1.29 is 19.4 Å². The van der Waals surface area contributed by atoms with Crippen molar-refractivity contribution in [2.75, 3.05) is 19.7 Å².